The first-order valence-corrected chi connectivity index (χ1v) is 16.2. The number of hydrogen-bond acceptors (Lipinski definition) is 6. The average Bonchev–Trinajstić information content (AvgIpc) is 2.77. The maximum atomic E-state index is 11.9. The molecular formula is C25H52O5SSi. The van der Waals surface area contributed by atoms with Crippen LogP contribution >= 0.6 is 12.0 Å². The summed E-state index contributed by atoms with van der Waals surface area (Å²) in [5.74, 6) is 0.646. The van der Waals surface area contributed by atoms with E-state index >= 15 is 0 Å². The zero-order valence-electron chi connectivity index (χ0n) is 21.6. The van der Waals surface area contributed by atoms with Crippen LogP contribution < -0.4 is 0 Å². The van der Waals surface area contributed by atoms with E-state index in [1.54, 1.807) is 0 Å². The molecule has 0 aromatic carbocycles. The summed E-state index contributed by atoms with van der Waals surface area (Å²) < 4.78 is 22.9. The van der Waals surface area contributed by atoms with Crippen LogP contribution in [0.3, 0.4) is 0 Å². The molecule has 0 fully saturated rings. The molecule has 0 spiro atoms. The molecule has 192 valence electrons. The molecule has 0 aromatic rings. The van der Waals surface area contributed by atoms with Crippen LogP contribution in [0, 0.1) is 0 Å². The van der Waals surface area contributed by atoms with Crippen LogP contribution in [0.4, 0.5) is 0 Å². The van der Waals surface area contributed by atoms with E-state index < -0.39 is 8.80 Å². The van der Waals surface area contributed by atoms with Gasteiger partial charge in [-0.3, -0.25) is 4.79 Å². The summed E-state index contributed by atoms with van der Waals surface area (Å²) in [5, 5.41) is 0. The summed E-state index contributed by atoms with van der Waals surface area (Å²) in [6, 6.07) is 0.756. The molecule has 0 amide bonds. The van der Waals surface area contributed by atoms with Crippen LogP contribution in [-0.2, 0) is 22.3 Å². The number of carbonyl (C=O) groups is 1. The molecule has 7 heteroatoms. The molecule has 0 radical (unpaired) electrons. The second-order valence-electron chi connectivity index (χ2n) is 8.36. The molecule has 0 atom stereocenters. The number of hydrogen-bond donors (Lipinski definition) is 0. The Morgan fingerprint density at radius 3 is 1.50 bits per heavy atom. The van der Waals surface area contributed by atoms with Crippen molar-refractivity contribution in [1.29, 1.82) is 0 Å². The van der Waals surface area contributed by atoms with Gasteiger partial charge in [0, 0.05) is 38.0 Å². The van der Waals surface area contributed by atoms with Crippen LogP contribution in [0.15, 0.2) is 0 Å². The van der Waals surface area contributed by atoms with Crippen LogP contribution in [0.1, 0.15) is 124 Å². The highest BCUT2D eigenvalue weighted by Gasteiger charge is 2.39. The third kappa shape index (κ3) is 19.4. The summed E-state index contributed by atoms with van der Waals surface area (Å²) in [6.07, 6.45) is 18.4. The minimum atomic E-state index is -2.58. The van der Waals surface area contributed by atoms with Crippen molar-refractivity contribution in [3.05, 3.63) is 0 Å². The molecule has 0 saturated carbocycles. The van der Waals surface area contributed by atoms with E-state index in [9.17, 15) is 4.79 Å². The van der Waals surface area contributed by atoms with Gasteiger partial charge in [0.2, 0.25) is 0 Å². The lowest BCUT2D eigenvalue weighted by atomic mass is 10.0. The first-order valence-electron chi connectivity index (χ1n) is 13.4. The summed E-state index contributed by atoms with van der Waals surface area (Å²) in [7, 11) is -2.58. The van der Waals surface area contributed by atoms with E-state index in [2.05, 4.69) is 6.92 Å². The normalized spacial score (nSPS) is 11.8. The fourth-order valence-electron chi connectivity index (χ4n) is 3.79. The highest BCUT2D eigenvalue weighted by molar-refractivity contribution is 7.95. The molecule has 0 bridgehead atoms. The van der Waals surface area contributed by atoms with Gasteiger partial charge in [0.25, 0.3) is 0 Å². The lowest BCUT2D eigenvalue weighted by molar-refractivity contribution is -0.133. The first kappa shape index (κ1) is 31.9. The molecule has 32 heavy (non-hydrogen) atoms. The Kier molecular flexibility index (Phi) is 24.0. The Morgan fingerprint density at radius 1 is 0.625 bits per heavy atom. The quantitative estimate of drug-likeness (QED) is 0.0729. The molecule has 0 unspecified atom stereocenters. The highest BCUT2D eigenvalue weighted by atomic mass is 32.2. The Balaban J connectivity index is 3.56. The third-order valence-corrected chi connectivity index (χ3v) is 9.35. The van der Waals surface area contributed by atoms with Gasteiger partial charge in [-0.05, 0) is 33.6 Å². The predicted molar refractivity (Wildman–Crippen MR) is 139 cm³/mol. The summed E-state index contributed by atoms with van der Waals surface area (Å²) in [5.41, 5.74) is 0. The minimum absolute atomic E-state index is 0.0963. The van der Waals surface area contributed by atoms with Crippen molar-refractivity contribution >= 4 is 26.8 Å². The van der Waals surface area contributed by atoms with Crippen molar-refractivity contribution in [2.75, 3.05) is 25.6 Å². The topological polar surface area (TPSA) is 54.0 Å². The standard InChI is InChI=1S/C25H52O5SSi/c1-5-9-10-11-12-13-14-15-16-17-18-19-20-22-25(26)30-31-23-21-24-32(27-6-2,28-7-3)29-8-4/h5-24H2,1-4H3. The van der Waals surface area contributed by atoms with Gasteiger partial charge in [-0.1, -0.05) is 84.0 Å². The number of carbonyl (C=O) groups excluding carboxylic acids is 1. The molecule has 0 heterocycles. The molecule has 0 rings (SSSR count). The van der Waals surface area contributed by atoms with Gasteiger partial charge in [0.15, 0.2) is 0 Å². The van der Waals surface area contributed by atoms with E-state index in [0.29, 0.717) is 26.2 Å². The van der Waals surface area contributed by atoms with E-state index in [1.165, 1.54) is 82.7 Å². The van der Waals surface area contributed by atoms with Crippen molar-refractivity contribution in [1.82, 2.24) is 0 Å². The summed E-state index contributed by atoms with van der Waals surface area (Å²) in [6.45, 7) is 9.94. The van der Waals surface area contributed by atoms with Crippen molar-refractivity contribution in [3.63, 3.8) is 0 Å². The molecule has 0 aliphatic carbocycles. The van der Waals surface area contributed by atoms with Gasteiger partial charge in [0.05, 0.1) is 12.0 Å². The fraction of sp³-hybridized carbons (Fsp3) is 0.960. The lowest BCUT2D eigenvalue weighted by Crippen LogP contribution is -2.46. The van der Waals surface area contributed by atoms with Crippen LogP contribution in [0.25, 0.3) is 0 Å². The lowest BCUT2D eigenvalue weighted by Gasteiger charge is -2.28. The van der Waals surface area contributed by atoms with Crippen molar-refractivity contribution < 1.29 is 22.3 Å². The molecule has 5 nitrogen and oxygen atoms in total. The van der Waals surface area contributed by atoms with Crippen LogP contribution in [-0.4, -0.2) is 40.3 Å². The monoisotopic (exact) mass is 492 g/mol. The second-order valence-corrected chi connectivity index (χ2v) is 11.9. The van der Waals surface area contributed by atoms with Gasteiger partial charge in [-0.25, -0.2) is 0 Å². The Bertz CT molecular complexity index is 395. The first-order chi connectivity index (χ1) is 15.6. The number of unbranched alkanes of at least 4 members (excludes halogenated alkanes) is 12. The Hall–Kier alpha value is -0.0831. The third-order valence-electron chi connectivity index (χ3n) is 5.44. The maximum Gasteiger partial charge on any atom is 0.500 e. The molecular weight excluding hydrogens is 440 g/mol. The predicted octanol–water partition coefficient (Wildman–Crippen LogP) is 8.10. The van der Waals surface area contributed by atoms with Crippen molar-refractivity contribution in [3.8, 4) is 0 Å². The highest BCUT2D eigenvalue weighted by Crippen LogP contribution is 2.21. The molecule has 0 N–H and O–H groups in total. The van der Waals surface area contributed by atoms with Gasteiger partial charge in [-0.15, -0.1) is 0 Å². The van der Waals surface area contributed by atoms with E-state index in [4.69, 9.17) is 17.5 Å². The number of rotatable bonds is 25. The maximum absolute atomic E-state index is 11.9. The zero-order chi connectivity index (χ0) is 23.8. The zero-order valence-corrected chi connectivity index (χ0v) is 23.4. The second kappa shape index (κ2) is 24.1. The largest absolute Gasteiger partial charge is 0.500 e. The Morgan fingerprint density at radius 2 is 1.06 bits per heavy atom. The van der Waals surface area contributed by atoms with Crippen molar-refractivity contribution in [2.45, 2.75) is 130 Å². The SMILES string of the molecule is CCCCCCCCCCCCCCCC(=O)OSCCC[Si](OCC)(OCC)OCC. The fourth-order valence-corrected chi connectivity index (χ4v) is 7.21. The van der Waals surface area contributed by atoms with Crippen molar-refractivity contribution in [2.24, 2.45) is 0 Å². The average molecular weight is 493 g/mol. The molecule has 0 aliphatic rings. The van der Waals surface area contributed by atoms with E-state index in [0.717, 1.165) is 31.1 Å². The Labute approximate surface area is 204 Å². The van der Waals surface area contributed by atoms with Crippen LogP contribution in [0.5, 0.6) is 0 Å². The molecule has 0 aliphatic heterocycles. The van der Waals surface area contributed by atoms with E-state index in [-0.39, 0.29) is 5.97 Å². The summed E-state index contributed by atoms with van der Waals surface area (Å²) >= 11 is 1.25. The van der Waals surface area contributed by atoms with Gasteiger partial charge < -0.3 is 17.5 Å². The van der Waals surface area contributed by atoms with Crippen LogP contribution in [0.2, 0.25) is 6.04 Å². The van der Waals surface area contributed by atoms with Gasteiger partial charge in [0.1, 0.15) is 0 Å². The van der Waals surface area contributed by atoms with Gasteiger partial charge >= 0.3 is 14.8 Å². The van der Waals surface area contributed by atoms with E-state index in [1.807, 2.05) is 20.8 Å². The summed E-state index contributed by atoms with van der Waals surface area (Å²) in [4.78, 5) is 11.9. The smallest absolute Gasteiger partial charge is 0.391 e. The minimum Gasteiger partial charge on any atom is -0.391 e. The molecule has 0 saturated heterocycles. The molecule has 0 aromatic heterocycles. The van der Waals surface area contributed by atoms with Gasteiger partial charge in [-0.2, -0.15) is 0 Å².